The third-order valence-electron chi connectivity index (χ3n) is 2.75. The molecule has 0 radical (unpaired) electrons. The molecule has 0 aliphatic heterocycles. The molecule has 0 spiro atoms. The molecule has 1 aromatic heterocycles. The molecule has 5 nitrogen and oxygen atoms in total. The number of benzene rings is 1. The van der Waals surface area contributed by atoms with Gasteiger partial charge in [-0.3, -0.25) is 9.78 Å². The highest BCUT2D eigenvalue weighted by Gasteiger charge is 2.32. The molecule has 2 aromatic rings. The van der Waals surface area contributed by atoms with Crippen LogP contribution in [0.5, 0.6) is 5.75 Å². The summed E-state index contributed by atoms with van der Waals surface area (Å²) in [6.45, 7) is 1.67. The van der Waals surface area contributed by atoms with E-state index in [0.29, 0.717) is 5.75 Å². The fraction of sp³-hybridized carbons (Fsp3) is 0.200. The van der Waals surface area contributed by atoms with E-state index < -0.39 is 17.8 Å². The van der Waals surface area contributed by atoms with Gasteiger partial charge in [-0.25, -0.2) is 0 Å². The Bertz CT molecular complexity index is 690. The number of anilines is 1. The van der Waals surface area contributed by atoms with E-state index in [-0.39, 0.29) is 12.2 Å². The first-order chi connectivity index (χ1) is 10.8. The van der Waals surface area contributed by atoms with Crippen molar-refractivity contribution in [3.63, 3.8) is 0 Å². The van der Waals surface area contributed by atoms with Crippen LogP contribution in [0.15, 0.2) is 42.6 Å². The minimum atomic E-state index is -4.56. The van der Waals surface area contributed by atoms with Crippen LogP contribution in [0.3, 0.4) is 0 Å². The van der Waals surface area contributed by atoms with Crippen molar-refractivity contribution in [1.82, 2.24) is 10.5 Å². The van der Waals surface area contributed by atoms with Crippen LogP contribution < -0.4 is 15.6 Å². The highest BCUT2D eigenvalue weighted by Crippen LogP contribution is 2.28. The molecule has 0 atom stereocenters. The zero-order valence-corrected chi connectivity index (χ0v) is 12.1. The van der Waals surface area contributed by atoms with E-state index in [1.54, 1.807) is 18.2 Å². The number of aromatic nitrogens is 1. The van der Waals surface area contributed by atoms with Gasteiger partial charge in [0.15, 0.2) is 0 Å². The normalized spacial score (nSPS) is 11.1. The van der Waals surface area contributed by atoms with Crippen molar-refractivity contribution < 1.29 is 22.8 Å². The van der Waals surface area contributed by atoms with E-state index in [1.165, 1.54) is 6.07 Å². The van der Waals surface area contributed by atoms with Crippen molar-refractivity contribution in [2.45, 2.75) is 13.1 Å². The first kappa shape index (κ1) is 16.8. The quantitative estimate of drug-likeness (QED) is 0.830. The Labute approximate surface area is 130 Å². The van der Waals surface area contributed by atoms with Gasteiger partial charge in [0.25, 0.3) is 0 Å². The summed E-state index contributed by atoms with van der Waals surface area (Å²) in [4.78, 5) is 20.1. The van der Waals surface area contributed by atoms with Gasteiger partial charge in [-0.15, -0.1) is 5.48 Å². The first-order valence-electron chi connectivity index (χ1n) is 6.64. The predicted octanol–water partition coefficient (Wildman–Crippen LogP) is 2.93. The molecule has 1 aromatic carbocycles. The third kappa shape index (κ3) is 5.26. The molecule has 2 rings (SSSR count). The summed E-state index contributed by atoms with van der Waals surface area (Å²) in [7, 11) is 0. The lowest BCUT2D eigenvalue weighted by molar-refractivity contribution is -0.141. The van der Waals surface area contributed by atoms with E-state index >= 15 is 0 Å². The van der Waals surface area contributed by atoms with Crippen molar-refractivity contribution >= 4 is 11.6 Å². The summed E-state index contributed by atoms with van der Waals surface area (Å²) in [5.74, 6) is -0.0157. The molecule has 122 valence electrons. The van der Waals surface area contributed by atoms with Crippen LogP contribution in [-0.2, 0) is 11.0 Å². The number of aryl methyl sites for hydroxylation is 1. The summed E-state index contributed by atoms with van der Waals surface area (Å²) in [6, 6.07) is 9.19. The zero-order chi connectivity index (χ0) is 16.9. The lowest BCUT2D eigenvalue weighted by atomic mass is 10.2. The summed E-state index contributed by atoms with van der Waals surface area (Å²) in [5.41, 5.74) is 2.37. The summed E-state index contributed by atoms with van der Waals surface area (Å²) in [5, 5.41) is 2.33. The smallest absolute Gasteiger partial charge is 0.408 e. The van der Waals surface area contributed by atoms with Gasteiger partial charge in [-0.1, -0.05) is 12.1 Å². The fourth-order valence-corrected chi connectivity index (χ4v) is 1.73. The molecule has 23 heavy (non-hydrogen) atoms. The van der Waals surface area contributed by atoms with Crippen LogP contribution in [0.2, 0.25) is 0 Å². The number of alkyl halides is 3. The number of amides is 1. The highest BCUT2D eigenvalue weighted by molar-refractivity contribution is 5.92. The van der Waals surface area contributed by atoms with Crippen molar-refractivity contribution in [2.24, 2.45) is 0 Å². The van der Waals surface area contributed by atoms with E-state index in [1.807, 2.05) is 13.0 Å². The second kappa shape index (κ2) is 7.10. The number of hydrogen-bond donors (Lipinski definition) is 2. The van der Waals surface area contributed by atoms with E-state index in [2.05, 4.69) is 15.8 Å². The molecular formula is C15H14F3N3O2. The molecule has 0 fully saturated rings. The Balaban J connectivity index is 1.85. The van der Waals surface area contributed by atoms with Crippen molar-refractivity contribution in [2.75, 3.05) is 11.9 Å². The van der Waals surface area contributed by atoms with Gasteiger partial charge in [0, 0.05) is 11.9 Å². The molecular weight excluding hydrogens is 311 g/mol. The number of pyridine rings is 1. The lowest BCUT2D eigenvalue weighted by Gasteiger charge is -2.10. The highest BCUT2D eigenvalue weighted by atomic mass is 19.4. The van der Waals surface area contributed by atoms with E-state index in [9.17, 15) is 18.0 Å². The summed E-state index contributed by atoms with van der Waals surface area (Å²) < 4.78 is 37.6. The number of hydrogen-bond acceptors (Lipinski definition) is 4. The van der Waals surface area contributed by atoms with Gasteiger partial charge in [0.1, 0.15) is 18.0 Å². The van der Waals surface area contributed by atoms with Crippen molar-refractivity contribution in [1.29, 1.82) is 0 Å². The van der Waals surface area contributed by atoms with Gasteiger partial charge in [-0.2, -0.15) is 13.2 Å². The maximum absolute atomic E-state index is 12.5. The summed E-state index contributed by atoms with van der Waals surface area (Å²) in [6.07, 6.45) is -3.58. The largest absolute Gasteiger partial charge is 0.433 e. The van der Waals surface area contributed by atoms with Crippen LogP contribution in [-0.4, -0.2) is 17.4 Å². The minimum absolute atomic E-state index is 0.00896. The molecule has 2 N–H and O–H groups in total. The van der Waals surface area contributed by atoms with Crippen LogP contribution in [0, 0.1) is 6.92 Å². The Morgan fingerprint density at radius 1 is 1.26 bits per heavy atom. The monoisotopic (exact) mass is 325 g/mol. The van der Waals surface area contributed by atoms with Gasteiger partial charge >= 0.3 is 6.18 Å². The average molecular weight is 325 g/mol. The summed E-state index contributed by atoms with van der Waals surface area (Å²) >= 11 is 0. The van der Waals surface area contributed by atoms with Gasteiger partial charge in [0.2, 0.25) is 5.91 Å². The van der Waals surface area contributed by atoms with Crippen LogP contribution >= 0.6 is 0 Å². The second-order valence-corrected chi connectivity index (χ2v) is 4.72. The molecule has 0 saturated carbocycles. The molecule has 8 heteroatoms. The molecule has 1 heterocycles. The fourth-order valence-electron chi connectivity index (χ4n) is 1.73. The zero-order valence-electron chi connectivity index (χ0n) is 12.1. The standard InChI is InChI=1S/C15H14F3N3O2/c1-10-3-2-4-12(7-10)23-20-9-14(22)21-11-5-6-19-13(8-11)15(16,17)18/h2-8,20H,9H2,1H3,(H,19,21,22). The number of nitrogens with zero attached hydrogens (tertiary/aromatic N) is 1. The number of hydroxylamine groups is 1. The maximum Gasteiger partial charge on any atom is 0.433 e. The van der Waals surface area contributed by atoms with Crippen LogP contribution in [0.4, 0.5) is 18.9 Å². The van der Waals surface area contributed by atoms with Crippen LogP contribution in [0.25, 0.3) is 0 Å². The second-order valence-electron chi connectivity index (χ2n) is 4.72. The molecule has 0 saturated heterocycles. The lowest BCUT2D eigenvalue weighted by Crippen LogP contribution is -2.30. The van der Waals surface area contributed by atoms with Gasteiger partial charge in [0.05, 0.1) is 0 Å². The van der Waals surface area contributed by atoms with E-state index in [0.717, 1.165) is 17.8 Å². The molecule has 0 unspecified atom stereocenters. The van der Waals surface area contributed by atoms with Gasteiger partial charge < -0.3 is 10.2 Å². The first-order valence-corrected chi connectivity index (χ1v) is 6.64. The van der Waals surface area contributed by atoms with Crippen molar-refractivity contribution in [3.05, 3.63) is 53.9 Å². The maximum atomic E-state index is 12.5. The number of carbonyl (C=O) groups excluding carboxylic acids is 1. The number of rotatable bonds is 5. The number of carbonyl (C=O) groups is 1. The number of nitrogens with one attached hydrogen (secondary N) is 2. The Hall–Kier alpha value is -2.61. The Morgan fingerprint density at radius 3 is 2.74 bits per heavy atom. The molecule has 0 bridgehead atoms. The van der Waals surface area contributed by atoms with Crippen LogP contribution in [0.1, 0.15) is 11.3 Å². The molecule has 1 amide bonds. The average Bonchev–Trinajstić information content (AvgIpc) is 2.46. The molecule has 0 aliphatic carbocycles. The third-order valence-corrected chi connectivity index (χ3v) is 2.75. The Morgan fingerprint density at radius 2 is 2.04 bits per heavy atom. The van der Waals surface area contributed by atoms with Gasteiger partial charge in [-0.05, 0) is 36.8 Å². The van der Waals surface area contributed by atoms with E-state index in [4.69, 9.17) is 4.84 Å². The SMILES string of the molecule is Cc1cccc(ONCC(=O)Nc2ccnc(C(F)(F)F)c2)c1. The minimum Gasteiger partial charge on any atom is -0.408 e. The number of halogens is 3. The van der Waals surface area contributed by atoms with Crippen molar-refractivity contribution in [3.8, 4) is 5.75 Å². The molecule has 0 aliphatic rings. The Kier molecular flexibility index (Phi) is 5.17. The predicted molar refractivity (Wildman–Crippen MR) is 77.7 cm³/mol. The topological polar surface area (TPSA) is 63.2 Å².